The zero-order chi connectivity index (χ0) is 21.8. The van der Waals surface area contributed by atoms with Gasteiger partial charge in [-0.3, -0.25) is 9.40 Å². The molecule has 10 heteroatoms. The Bertz CT molecular complexity index is 1030. The summed E-state index contributed by atoms with van der Waals surface area (Å²) >= 11 is 1.49. The van der Waals surface area contributed by atoms with E-state index in [0.717, 1.165) is 42.1 Å². The average Bonchev–Trinajstić information content (AvgIpc) is 3.24. The van der Waals surface area contributed by atoms with E-state index in [0.29, 0.717) is 17.5 Å². The first kappa shape index (κ1) is 21.4. The summed E-state index contributed by atoms with van der Waals surface area (Å²) in [6, 6.07) is 6.24. The molecule has 0 saturated carbocycles. The number of piperidine rings is 1. The lowest BCUT2D eigenvalue weighted by molar-refractivity contribution is 0.212. The van der Waals surface area contributed by atoms with Gasteiger partial charge in [0.05, 0.1) is 37.4 Å². The zero-order valence-electron chi connectivity index (χ0n) is 17.9. The van der Waals surface area contributed by atoms with Crippen molar-refractivity contribution in [2.45, 2.75) is 23.8 Å². The molecule has 0 amide bonds. The van der Waals surface area contributed by atoms with Crippen molar-refractivity contribution in [1.82, 2.24) is 29.4 Å². The predicted octanol–water partition coefficient (Wildman–Crippen LogP) is 3.22. The number of nitrogens with two attached hydrogens (primary N) is 1. The van der Waals surface area contributed by atoms with Crippen molar-refractivity contribution in [2.75, 3.05) is 40.0 Å². The molecular weight excluding hydrogens is 414 g/mol. The van der Waals surface area contributed by atoms with Crippen molar-refractivity contribution >= 4 is 17.8 Å². The van der Waals surface area contributed by atoms with Gasteiger partial charge in [0.2, 0.25) is 0 Å². The second-order valence-corrected chi connectivity index (χ2v) is 8.53. The summed E-state index contributed by atoms with van der Waals surface area (Å²) in [5.41, 5.74) is 7.54. The van der Waals surface area contributed by atoms with Crippen molar-refractivity contribution < 1.29 is 9.47 Å². The Morgan fingerprint density at radius 2 is 1.97 bits per heavy atom. The number of rotatable bonds is 7. The molecule has 164 valence electrons. The lowest BCUT2D eigenvalue weighted by atomic mass is 10.1. The molecule has 9 nitrogen and oxygen atoms in total. The Morgan fingerprint density at radius 3 is 2.71 bits per heavy atom. The van der Waals surface area contributed by atoms with E-state index in [1.807, 2.05) is 36.1 Å². The second kappa shape index (κ2) is 9.54. The Kier molecular flexibility index (Phi) is 6.59. The van der Waals surface area contributed by atoms with Crippen LogP contribution in [-0.2, 0) is 0 Å². The standard InChI is InChI=1S/C21H27N7O2S/c1-23-31-18-9-14(8-16(10-18)29-3)19-12-24-20(22)21(26-19)30-17-11-25-28(13-17)15-4-6-27(2)7-5-15/h8-13,15,23H,4-7H2,1-3H3,(H2,22,24). The molecule has 1 aromatic carbocycles. The zero-order valence-corrected chi connectivity index (χ0v) is 18.7. The van der Waals surface area contributed by atoms with Crippen LogP contribution in [0.3, 0.4) is 0 Å². The van der Waals surface area contributed by atoms with Crippen LogP contribution in [0.25, 0.3) is 11.3 Å². The van der Waals surface area contributed by atoms with Gasteiger partial charge in [-0.1, -0.05) is 0 Å². The molecule has 1 aliphatic rings. The number of nitrogens with one attached hydrogen (secondary N) is 1. The number of aromatic nitrogens is 4. The molecule has 1 fully saturated rings. The number of methoxy groups -OCH3 is 1. The van der Waals surface area contributed by atoms with Gasteiger partial charge in [-0.2, -0.15) is 5.10 Å². The maximum Gasteiger partial charge on any atom is 0.263 e. The van der Waals surface area contributed by atoms with Gasteiger partial charge in [-0.15, -0.1) is 0 Å². The highest BCUT2D eigenvalue weighted by molar-refractivity contribution is 7.97. The van der Waals surface area contributed by atoms with E-state index in [4.69, 9.17) is 15.2 Å². The molecule has 2 aromatic heterocycles. The van der Waals surface area contributed by atoms with Crippen molar-refractivity contribution in [2.24, 2.45) is 0 Å². The third-order valence-corrected chi connectivity index (χ3v) is 5.93. The van der Waals surface area contributed by atoms with Gasteiger partial charge >= 0.3 is 0 Å². The van der Waals surface area contributed by atoms with E-state index in [9.17, 15) is 0 Å². The minimum atomic E-state index is 0.225. The summed E-state index contributed by atoms with van der Waals surface area (Å²) in [4.78, 5) is 12.2. The molecule has 3 N–H and O–H groups in total. The molecule has 0 spiro atoms. The molecule has 0 unspecified atom stereocenters. The number of hydrogen-bond donors (Lipinski definition) is 2. The van der Waals surface area contributed by atoms with Crippen molar-refractivity contribution in [1.29, 1.82) is 0 Å². The van der Waals surface area contributed by atoms with E-state index in [1.165, 1.54) is 11.9 Å². The SMILES string of the molecule is CNSc1cc(OC)cc(-c2cnc(N)c(Oc3cnn(C4CCN(C)CC4)c3)n2)c1. The van der Waals surface area contributed by atoms with Gasteiger partial charge in [0, 0.05) is 10.5 Å². The molecule has 0 radical (unpaired) electrons. The number of nitrogen functional groups attached to an aromatic ring is 1. The molecule has 3 heterocycles. The lowest BCUT2D eigenvalue weighted by Crippen LogP contribution is -2.31. The minimum Gasteiger partial charge on any atom is -0.497 e. The van der Waals surface area contributed by atoms with Gasteiger partial charge in [-0.05, 0) is 70.2 Å². The van der Waals surface area contributed by atoms with Crippen LogP contribution in [0.5, 0.6) is 17.4 Å². The first-order valence-corrected chi connectivity index (χ1v) is 10.9. The van der Waals surface area contributed by atoms with Crippen LogP contribution in [-0.4, -0.2) is 58.9 Å². The summed E-state index contributed by atoms with van der Waals surface area (Å²) in [5.74, 6) is 1.81. The normalized spacial score (nSPS) is 15.2. The Morgan fingerprint density at radius 1 is 1.16 bits per heavy atom. The third kappa shape index (κ3) is 5.09. The van der Waals surface area contributed by atoms with Crippen LogP contribution in [0.2, 0.25) is 0 Å². The Balaban J connectivity index is 1.56. The van der Waals surface area contributed by atoms with Crippen LogP contribution < -0.4 is 19.9 Å². The van der Waals surface area contributed by atoms with Crippen LogP contribution in [0.1, 0.15) is 18.9 Å². The number of likely N-dealkylation sites (tertiary alicyclic amines) is 1. The Hall–Kier alpha value is -2.82. The van der Waals surface area contributed by atoms with Crippen LogP contribution in [0.15, 0.2) is 41.7 Å². The second-order valence-electron chi connectivity index (χ2n) is 7.44. The number of nitrogens with zero attached hydrogens (tertiary/aromatic N) is 5. The van der Waals surface area contributed by atoms with Gasteiger partial charge in [-0.25, -0.2) is 9.97 Å². The van der Waals surface area contributed by atoms with Crippen LogP contribution >= 0.6 is 11.9 Å². The maximum absolute atomic E-state index is 6.04. The highest BCUT2D eigenvalue weighted by Gasteiger charge is 2.20. The largest absolute Gasteiger partial charge is 0.497 e. The number of hydrogen-bond acceptors (Lipinski definition) is 9. The summed E-state index contributed by atoms with van der Waals surface area (Å²) in [5, 5.41) is 4.48. The molecule has 0 bridgehead atoms. The summed E-state index contributed by atoms with van der Waals surface area (Å²) in [6.45, 7) is 2.13. The lowest BCUT2D eigenvalue weighted by Gasteiger charge is -2.28. The monoisotopic (exact) mass is 441 g/mol. The van der Waals surface area contributed by atoms with E-state index >= 15 is 0 Å². The van der Waals surface area contributed by atoms with Crippen LogP contribution in [0, 0.1) is 0 Å². The topological polar surface area (TPSA) is 103 Å². The van der Waals surface area contributed by atoms with Crippen LogP contribution in [0.4, 0.5) is 5.82 Å². The van der Waals surface area contributed by atoms with E-state index in [1.54, 1.807) is 19.5 Å². The summed E-state index contributed by atoms with van der Waals surface area (Å²) < 4.78 is 16.4. The summed E-state index contributed by atoms with van der Waals surface area (Å²) in [7, 11) is 5.65. The fourth-order valence-corrected chi connectivity index (χ4v) is 4.15. The van der Waals surface area contributed by atoms with Gasteiger partial charge in [0.15, 0.2) is 11.6 Å². The number of ether oxygens (including phenoxy) is 2. The molecule has 31 heavy (non-hydrogen) atoms. The first-order chi connectivity index (χ1) is 15.1. The maximum atomic E-state index is 6.04. The third-order valence-electron chi connectivity index (χ3n) is 5.25. The highest BCUT2D eigenvalue weighted by atomic mass is 32.2. The molecular formula is C21H27N7O2S. The van der Waals surface area contributed by atoms with Crippen molar-refractivity contribution in [3.8, 4) is 28.6 Å². The van der Waals surface area contributed by atoms with Gasteiger partial charge in [0.25, 0.3) is 5.88 Å². The summed E-state index contributed by atoms with van der Waals surface area (Å²) in [6.07, 6.45) is 7.36. The van der Waals surface area contributed by atoms with Gasteiger partial charge in [0.1, 0.15) is 5.75 Å². The van der Waals surface area contributed by atoms with Gasteiger partial charge < -0.3 is 20.1 Å². The minimum absolute atomic E-state index is 0.225. The number of benzene rings is 1. The molecule has 1 aliphatic heterocycles. The molecule has 1 saturated heterocycles. The fraction of sp³-hybridized carbons (Fsp3) is 0.381. The van der Waals surface area contributed by atoms with E-state index < -0.39 is 0 Å². The smallest absolute Gasteiger partial charge is 0.263 e. The average molecular weight is 442 g/mol. The quantitative estimate of drug-likeness (QED) is 0.535. The first-order valence-electron chi connectivity index (χ1n) is 10.1. The molecule has 4 rings (SSSR count). The van der Waals surface area contributed by atoms with Crippen molar-refractivity contribution in [3.63, 3.8) is 0 Å². The van der Waals surface area contributed by atoms with E-state index in [-0.39, 0.29) is 11.7 Å². The van der Waals surface area contributed by atoms with Crippen molar-refractivity contribution in [3.05, 3.63) is 36.8 Å². The molecule has 0 aliphatic carbocycles. The van der Waals surface area contributed by atoms with E-state index in [2.05, 4.69) is 31.7 Å². The Labute approximate surface area is 186 Å². The highest BCUT2D eigenvalue weighted by Crippen LogP contribution is 2.32. The predicted molar refractivity (Wildman–Crippen MR) is 121 cm³/mol. The molecule has 0 atom stereocenters. The fourth-order valence-electron chi connectivity index (χ4n) is 3.55. The number of anilines is 1. The molecule has 3 aromatic rings.